The van der Waals surface area contributed by atoms with Crippen LogP contribution in [-0.2, 0) is 6.54 Å². The highest BCUT2D eigenvalue weighted by Gasteiger charge is 2.30. The zero-order valence-corrected chi connectivity index (χ0v) is 17.1. The van der Waals surface area contributed by atoms with Crippen LogP contribution >= 0.6 is 0 Å². The molecule has 1 aromatic heterocycles. The average Bonchev–Trinajstić information content (AvgIpc) is 3.14. The van der Waals surface area contributed by atoms with Crippen LogP contribution in [-0.4, -0.2) is 64.7 Å². The molecule has 3 heterocycles. The van der Waals surface area contributed by atoms with Crippen molar-refractivity contribution in [3.8, 4) is 5.75 Å². The lowest BCUT2D eigenvalue weighted by Crippen LogP contribution is -2.38. The van der Waals surface area contributed by atoms with Crippen LogP contribution in [0.2, 0.25) is 0 Å². The first kappa shape index (κ1) is 19.5. The largest absolute Gasteiger partial charge is 0.496 e. The van der Waals surface area contributed by atoms with E-state index in [9.17, 15) is 9.59 Å². The van der Waals surface area contributed by atoms with Crippen LogP contribution in [0.4, 0.5) is 0 Å². The first-order valence-corrected chi connectivity index (χ1v) is 10.4. The monoisotopic (exact) mass is 396 g/mol. The summed E-state index contributed by atoms with van der Waals surface area (Å²) in [6, 6.07) is 9.32. The molecule has 1 saturated heterocycles. The smallest absolute Gasteiger partial charge is 0.272 e. The average molecular weight is 396 g/mol. The van der Waals surface area contributed by atoms with Gasteiger partial charge in [-0.1, -0.05) is 12.1 Å². The normalized spacial score (nSPS) is 17.8. The van der Waals surface area contributed by atoms with Crippen molar-refractivity contribution >= 4 is 11.8 Å². The van der Waals surface area contributed by atoms with E-state index in [2.05, 4.69) is 0 Å². The number of benzene rings is 1. The summed E-state index contributed by atoms with van der Waals surface area (Å²) in [7, 11) is 1.59. The Labute approximate surface area is 171 Å². The van der Waals surface area contributed by atoms with Crippen molar-refractivity contribution in [3.05, 3.63) is 47.3 Å². The predicted octanol–water partition coefficient (Wildman–Crippen LogP) is 2.78. The molecule has 7 nitrogen and oxygen atoms in total. The Bertz CT molecular complexity index is 899. The second-order valence-corrected chi connectivity index (χ2v) is 7.68. The molecular weight excluding hydrogens is 368 g/mol. The number of aromatic nitrogens is 2. The number of rotatable bonds is 4. The quantitative estimate of drug-likeness (QED) is 0.797. The van der Waals surface area contributed by atoms with Crippen molar-refractivity contribution in [2.45, 2.75) is 38.6 Å². The lowest BCUT2D eigenvalue weighted by atomic mass is 9.93. The van der Waals surface area contributed by atoms with Gasteiger partial charge in [0.2, 0.25) is 0 Å². The molecule has 0 N–H and O–H groups in total. The second-order valence-electron chi connectivity index (χ2n) is 7.68. The third kappa shape index (κ3) is 3.73. The summed E-state index contributed by atoms with van der Waals surface area (Å²) in [6.45, 7) is 5.67. The number of piperidine rings is 1. The van der Waals surface area contributed by atoms with Crippen molar-refractivity contribution in [2.75, 3.05) is 33.3 Å². The zero-order chi connectivity index (χ0) is 20.4. The number of amides is 2. The molecule has 154 valence electrons. The number of hydrogen-bond donors (Lipinski definition) is 0. The van der Waals surface area contributed by atoms with Gasteiger partial charge in [-0.25, -0.2) is 0 Å². The number of likely N-dealkylation sites (tertiary alicyclic amines) is 1. The van der Waals surface area contributed by atoms with Crippen LogP contribution in [0.25, 0.3) is 0 Å². The maximum Gasteiger partial charge on any atom is 0.272 e. The van der Waals surface area contributed by atoms with Gasteiger partial charge in [0.15, 0.2) is 0 Å². The van der Waals surface area contributed by atoms with Crippen LogP contribution in [0, 0.1) is 0 Å². The molecule has 0 atom stereocenters. The van der Waals surface area contributed by atoms with Crippen molar-refractivity contribution in [3.63, 3.8) is 0 Å². The van der Waals surface area contributed by atoms with Gasteiger partial charge in [-0.2, -0.15) is 5.10 Å². The van der Waals surface area contributed by atoms with Crippen LogP contribution in [0.3, 0.4) is 0 Å². The Hall–Kier alpha value is -2.83. The number of methoxy groups -OCH3 is 1. The number of para-hydroxylation sites is 1. The molecule has 2 aliphatic rings. The van der Waals surface area contributed by atoms with Crippen molar-refractivity contribution < 1.29 is 14.3 Å². The van der Waals surface area contributed by atoms with E-state index in [-0.39, 0.29) is 17.7 Å². The van der Waals surface area contributed by atoms with Gasteiger partial charge < -0.3 is 14.5 Å². The summed E-state index contributed by atoms with van der Waals surface area (Å²) in [5.74, 6) is 0.971. The number of carbonyl (C=O) groups is 2. The van der Waals surface area contributed by atoms with Gasteiger partial charge in [0, 0.05) is 38.6 Å². The fraction of sp³-hybridized carbons (Fsp3) is 0.500. The molecule has 2 aliphatic heterocycles. The number of carbonyl (C=O) groups excluding carboxylic acids is 2. The van der Waals surface area contributed by atoms with E-state index in [1.165, 1.54) is 0 Å². The summed E-state index contributed by atoms with van der Waals surface area (Å²) in [5, 5.41) is 4.75. The molecule has 0 saturated carbocycles. The standard InChI is InChI=1S/C22H28N4O3/c1-3-24-11-6-12-26-19(22(24)28)15-18(23-26)16-9-13-25(14-10-16)21(27)17-7-4-5-8-20(17)29-2/h4-5,7-8,15-16H,3,6,9-14H2,1-2H3. The van der Waals surface area contributed by atoms with Gasteiger partial charge in [0.05, 0.1) is 18.4 Å². The molecule has 0 radical (unpaired) electrons. The highest BCUT2D eigenvalue weighted by atomic mass is 16.5. The van der Waals surface area contributed by atoms with Crippen LogP contribution < -0.4 is 4.74 Å². The van der Waals surface area contributed by atoms with Crippen molar-refractivity contribution in [1.29, 1.82) is 0 Å². The minimum atomic E-state index is 0.00953. The molecule has 0 bridgehead atoms. The van der Waals surface area contributed by atoms with E-state index in [0.717, 1.165) is 44.6 Å². The third-order valence-electron chi connectivity index (χ3n) is 6.02. The Kier molecular flexibility index (Phi) is 5.56. The minimum absolute atomic E-state index is 0.00953. The zero-order valence-electron chi connectivity index (χ0n) is 17.1. The van der Waals surface area contributed by atoms with Crippen molar-refractivity contribution in [1.82, 2.24) is 19.6 Å². The van der Waals surface area contributed by atoms with E-state index in [4.69, 9.17) is 9.84 Å². The lowest BCUT2D eigenvalue weighted by molar-refractivity contribution is 0.0708. The Morgan fingerprint density at radius 1 is 1.17 bits per heavy atom. The molecule has 1 fully saturated rings. The summed E-state index contributed by atoms with van der Waals surface area (Å²) in [4.78, 5) is 29.4. The molecule has 4 rings (SSSR count). The van der Waals surface area contributed by atoms with E-state index >= 15 is 0 Å². The number of aryl methyl sites for hydroxylation is 1. The number of ether oxygens (including phenoxy) is 1. The minimum Gasteiger partial charge on any atom is -0.496 e. The van der Waals surface area contributed by atoms with Gasteiger partial charge >= 0.3 is 0 Å². The maximum absolute atomic E-state index is 12.9. The molecule has 0 spiro atoms. The fourth-order valence-corrected chi connectivity index (χ4v) is 4.33. The Morgan fingerprint density at radius 2 is 1.93 bits per heavy atom. The third-order valence-corrected chi connectivity index (χ3v) is 6.02. The first-order valence-electron chi connectivity index (χ1n) is 10.4. The Balaban J connectivity index is 1.45. The molecule has 2 aromatic rings. The maximum atomic E-state index is 12.9. The van der Waals surface area contributed by atoms with Crippen LogP contribution in [0.5, 0.6) is 5.75 Å². The topological polar surface area (TPSA) is 67.7 Å². The van der Waals surface area contributed by atoms with E-state index in [0.29, 0.717) is 30.1 Å². The molecule has 7 heteroatoms. The molecule has 1 aromatic carbocycles. The first-order chi connectivity index (χ1) is 14.1. The van der Waals surface area contributed by atoms with Gasteiger partial charge in [0.25, 0.3) is 11.8 Å². The van der Waals surface area contributed by atoms with Crippen LogP contribution in [0.1, 0.15) is 58.6 Å². The Morgan fingerprint density at radius 3 is 2.66 bits per heavy atom. The van der Waals surface area contributed by atoms with Gasteiger partial charge in [0.1, 0.15) is 11.4 Å². The molecule has 29 heavy (non-hydrogen) atoms. The number of fused-ring (bicyclic) bond motifs is 1. The second kappa shape index (κ2) is 8.27. The van der Waals surface area contributed by atoms with E-state index < -0.39 is 0 Å². The number of nitrogens with zero attached hydrogens (tertiary/aromatic N) is 4. The van der Waals surface area contributed by atoms with Gasteiger partial charge in [-0.15, -0.1) is 0 Å². The molecule has 2 amide bonds. The highest BCUT2D eigenvalue weighted by Crippen LogP contribution is 2.30. The summed E-state index contributed by atoms with van der Waals surface area (Å²) < 4.78 is 7.21. The molecular formula is C22H28N4O3. The van der Waals surface area contributed by atoms with Crippen molar-refractivity contribution in [2.24, 2.45) is 0 Å². The van der Waals surface area contributed by atoms with Gasteiger partial charge in [-0.3, -0.25) is 14.3 Å². The summed E-state index contributed by atoms with van der Waals surface area (Å²) in [6.07, 6.45) is 2.63. The van der Waals surface area contributed by atoms with E-state index in [1.807, 2.05) is 51.7 Å². The number of hydrogen-bond acceptors (Lipinski definition) is 4. The lowest BCUT2D eigenvalue weighted by Gasteiger charge is -2.31. The fourth-order valence-electron chi connectivity index (χ4n) is 4.33. The molecule has 0 unspecified atom stereocenters. The van der Waals surface area contributed by atoms with Crippen LogP contribution in [0.15, 0.2) is 30.3 Å². The summed E-state index contributed by atoms with van der Waals surface area (Å²) >= 11 is 0. The SMILES string of the molecule is CCN1CCCn2nc(C3CCN(C(=O)c4ccccc4OC)CC3)cc2C1=O. The predicted molar refractivity (Wildman–Crippen MR) is 109 cm³/mol. The summed E-state index contributed by atoms with van der Waals surface area (Å²) in [5.41, 5.74) is 2.29. The highest BCUT2D eigenvalue weighted by molar-refractivity contribution is 5.97. The van der Waals surface area contributed by atoms with E-state index in [1.54, 1.807) is 7.11 Å². The van der Waals surface area contributed by atoms with Gasteiger partial charge in [-0.05, 0) is 44.4 Å². The molecule has 0 aliphatic carbocycles.